The molecule has 0 bridgehead atoms. The van der Waals surface area contributed by atoms with Gasteiger partial charge in [-0.25, -0.2) is 0 Å². The van der Waals surface area contributed by atoms with E-state index >= 15 is 0 Å². The molecule has 3 N–H and O–H groups in total. The van der Waals surface area contributed by atoms with Gasteiger partial charge in [-0.2, -0.15) is 0 Å². The molecule has 1 aromatic carbocycles. The maximum Gasteiger partial charge on any atom is 0.270 e. The Labute approximate surface area is 122 Å². The Balaban J connectivity index is 2.39. The van der Waals surface area contributed by atoms with E-state index in [1.807, 2.05) is 0 Å². The summed E-state index contributed by atoms with van der Waals surface area (Å²) in [5.41, 5.74) is 6.74. The third-order valence-corrected chi connectivity index (χ3v) is 3.63. The molecule has 0 atom stereocenters. The SMILES string of the molecule is CN1CCCN(c2ccc([N+](=O)[O-])cc2C(N)=NO)CC1. The first-order chi connectivity index (χ1) is 10.0. The summed E-state index contributed by atoms with van der Waals surface area (Å²) in [6, 6.07) is 4.45. The summed E-state index contributed by atoms with van der Waals surface area (Å²) < 4.78 is 0. The molecule has 0 aromatic heterocycles. The Morgan fingerprint density at radius 2 is 2.14 bits per heavy atom. The van der Waals surface area contributed by atoms with Crippen LogP contribution in [0.4, 0.5) is 11.4 Å². The number of nitro groups is 1. The van der Waals surface area contributed by atoms with Crippen molar-refractivity contribution in [2.75, 3.05) is 38.1 Å². The molecule has 0 radical (unpaired) electrons. The van der Waals surface area contributed by atoms with Crippen LogP contribution in [0.2, 0.25) is 0 Å². The van der Waals surface area contributed by atoms with E-state index in [0.29, 0.717) is 5.56 Å². The normalized spacial score (nSPS) is 17.6. The smallest absolute Gasteiger partial charge is 0.270 e. The zero-order valence-corrected chi connectivity index (χ0v) is 11.9. The fourth-order valence-electron chi connectivity index (χ4n) is 2.46. The minimum atomic E-state index is -0.492. The summed E-state index contributed by atoms with van der Waals surface area (Å²) in [6.07, 6.45) is 0.989. The minimum absolute atomic E-state index is 0.0766. The molecule has 0 saturated carbocycles. The quantitative estimate of drug-likeness (QED) is 0.281. The second-order valence-electron chi connectivity index (χ2n) is 5.09. The Morgan fingerprint density at radius 3 is 2.81 bits per heavy atom. The van der Waals surface area contributed by atoms with Gasteiger partial charge in [0.1, 0.15) is 0 Å². The molecule has 2 rings (SSSR count). The lowest BCUT2D eigenvalue weighted by Gasteiger charge is -2.25. The topological polar surface area (TPSA) is 108 Å². The van der Waals surface area contributed by atoms with Gasteiger partial charge in [-0.05, 0) is 26.1 Å². The summed E-state index contributed by atoms with van der Waals surface area (Å²) in [6.45, 7) is 3.52. The van der Waals surface area contributed by atoms with Gasteiger partial charge in [0.2, 0.25) is 0 Å². The first-order valence-corrected chi connectivity index (χ1v) is 6.72. The third kappa shape index (κ3) is 3.40. The molecule has 1 aromatic rings. The van der Waals surface area contributed by atoms with Crippen LogP contribution in [-0.2, 0) is 0 Å². The summed E-state index contributed by atoms with van der Waals surface area (Å²) >= 11 is 0. The molecule has 8 heteroatoms. The van der Waals surface area contributed by atoms with Crippen molar-refractivity contribution in [3.63, 3.8) is 0 Å². The number of hydrogen-bond acceptors (Lipinski definition) is 6. The van der Waals surface area contributed by atoms with Crippen molar-refractivity contribution < 1.29 is 10.1 Å². The first kappa shape index (κ1) is 15.0. The highest BCUT2D eigenvalue weighted by molar-refractivity contribution is 6.02. The Hall–Kier alpha value is -2.35. The molecular formula is C13H19N5O3. The Bertz CT molecular complexity index is 561. The van der Waals surface area contributed by atoms with Crippen molar-refractivity contribution in [2.45, 2.75) is 6.42 Å². The highest BCUT2D eigenvalue weighted by Crippen LogP contribution is 2.26. The Morgan fingerprint density at radius 1 is 1.38 bits per heavy atom. The number of amidine groups is 1. The highest BCUT2D eigenvalue weighted by atomic mass is 16.6. The van der Waals surface area contributed by atoms with Crippen molar-refractivity contribution in [3.05, 3.63) is 33.9 Å². The van der Waals surface area contributed by atoms with Gasteiger partial charge in [0, 0.05) is 37.5 Å². The Kier molecular flexibility index (Phi) is 4.59. The van der Waals surface area contributed by atoms with Crippen LogP contribution in [0.25, 0.3) is 0 Å². The van der Waals surface area contributed by atoms with Gasteiger partial charge in [0.15, 0.2) is 5.84 Å². The van der Waals surface area contributed by atoms with Gasteiger partial charge < -0.3 is 20.7 Å². The molecule has 0 spiro atoms. The van der Waals surface area contributed by atoms with Crippen LogP contribution in [0.15, 0.2) is 23.4 Å². The van der Waals surface area contributed by atoms with Crippen LogP contribution in [-0.4, -0.2) is 54.1 Å². The van der Waals surface area contributed by atoms with Gasteiger partial charge in [-0.15, -0.1) is 0 Å². The summed E-state index contributed by atoms with van der Waals surface area (Å²) in [5, 5.41) is 22.8. The number of benzene rings is 1. The summed E-state index contributed by atoms with van der Waals surface area (Å²) in [7, 11) is 2.06. The molecule has 1 aliphatic heterocycles. The second kappa shape index (κ2) is 6.40. The number of nitro benzene ring substituents is 1. The third-order valence-electron chi connectivity index (χ3n) is 3.63. The van der Waals surface area contributed by atoms with Gasteiger partial charge in [-0.1, -0.05) is 5.16 Å². The van der Waals surface area contributed by atoms with Crippen LogP contribution in [0.5, 0.6) is 0 Å². The van der Waals surface area contributed by atoms with Crippen LogP contribution < -0.4 is 10.6 Å². The van der Waals surface area contributed by atoms with E-state index in [4.69, 9.17) is 10.9 Å². The van der Waals surface area contributed by atoms with Crippen LogP contribution >= 0.6 is 0 Å². The molecule has 1 fully saturated rings. The average molecular weight is 293 g/mol. The predicted molar refractivity (Wildman–Crippen MR) is 79.9 cm³/mol. The molecule has 21 heavy (non-hydrogen) atoms. The fraction of sp³-hybridized carbons (Fsp3) is 0.462. The zero-order chi connectivity index (χ0) is 15.4. The number of nitrogens with two attached hydrogens (primary N) is 1. The molecule has 1 heterocycles. The summed E-state index contributed by atoms with van der Waals surface area (Å²) in [4.78, 5) is 14.7. The molecule has 8 nitrogen and oxygen atoms in total. The minimum Gasteiger partial charge on any atom is -0.409 e. The van der Waals surface area contributed by atoms with Gasteiger partial charge >= 0.3 is 0 Å². The number of nitrogens with zero attached hydrogens (tertiary/aromatic N) is 4. The maximum atomic E-state index is 10.9. The van der Waals surface area contributed by atoms with E-state index < -0.39 is 4.92 Å². The number of likely N-dealkylation sites (N-methyl/N-ethyl adjacent to an activating group) is 1. The maximum absolute atomic E-state index is 10.9. The van der Waals surface area contributed by atoms with Crippen molar-refractivity contribution >= 4 is 17.2 Å². The summed E-state index contributed by atoms with van der Waals surface area (Å²) in [5.74, 6) is -0.119. The van der Waals surface area contributed by atoms with Crippen LogP contribution in [0.1, 0.15) is 12.0 Å². The van der Waals surface area contributed by atoms with E-state index in [1.54, 1.807) is 6.07 Å². The first-order valence-electron chi connectivity index (χ1n) is 6.72. The lowest BCUT2D eigenvalue weighted by molar-refractivity contribution is -0.384. The number of oxime groups is 1. The van der Waals surface area contributed by atoms with E-state index in [2.05, 4.69) is 22.0 Å². The molecule has 0 aliphatic carbocycles. The molecule has 114 valence electrons. The zero-order valence-electron chi connectivity index (χ0n) is 11.9. The number of hydrogen-bond donors (Lipinski definition) is 2. The lowest BCUT2D eigenvalue weighted by atomic mass is 10.1. The molecule has 0 amide bonds. The van der Waals surface area contributed by atoms with Crippen LogP contribution in [0, 0.1) is 10.1 Å². The highest BCUT2D eigenvalue weighted by Gasteiger charge is 2.20. The second-order valence-corrected chi connectivity index (χ2v) is 5.09. The standard InChI is InChI=1S/C13H19N5O3/c1-16-5-2-6-17(8-7-16)12-4-3-10(18(20)21)9-11(12)13(14)15-19/h3-4,9,19H,2,5-8H2,1H3,(H2,14,15). The average Bonchev–Trinajstić information content (AvgIpc) is 2.70. The largest absolute Gasteiger partial charge is 0.409 e. The van der Waals surface area contributed by atoms with E-state index in [1.165, 1.54) is 12.1 Å². The predicted octanol–water partition coefficient (Wildman–Crippen LogP) is 0.831. The number of non-ortho nitro benzene ring substituents is 1. The van der Waals surface area contributed by atoms with E-state index in [9.17, 15) is 10.1 Å². The van der Waals surface area contributed by atoms with Crippen molar-refractivity contribution in [1.29, 1.82) is 0 Å². The van der Waals surface area contributed by atoms with Gasteiger partial charge in [0.25, 0.3) is 5.69 Å². The van der Waals surface area contributed by atoms with Gasteiger partial charge in [-0.3, -0.25) is 10.1 Å². The van der Waals surface area contributed by atoms with Crippen molar-refractivity contribution in [1.82, 2.24) is 4.90 Å². The molecule has 1 aliphatic rings. The van der Waals surface area contributed by atoms with E-state index in [0.717, 1.165) is 38.3 Å². The van der Waals surface area contributed by atoms with Gasteiger partial charge in [0.05, 0.1) is 10.5 Å². The molecular weight excluding hydrogens is 274 g/mol. The lowest BCUT2D eigenvalue weighted by Crippen LogP contribution is -2.30. The monoisotopic (exact) mass is 293 g/mol. The number of rotatable bonds is 3. The van der Waals surface area contributed by atoms with Crippen LogP contribution in [0.3, 0.4) is 0 Å². The van der Waals surface area contributed by atoms with E-state index in [-0.39, 0.29) is 11.5 Å². The molecule has 1 saturated heterocycles. The fourth-order valence-corrected chi connectivity index (χ4v) is 2.46. The van der Waals surface area contributed by atoms with Crippen molar-refractivity contribution in [3.8, 4) is 0 Å². The van der Waals surface area contributed by atoms with Crippen molar-refractivity contribution in [2.24, 2.45) is 10.9 Å². The number of anilines is 1. The molecule has 0 unspecified atom stereocenters.